The third kappa shape index (κ3) is 14.1. The smallest absolute Gasteiger partial charge is 0.243 e. The number of hydrogen-bond donors (Lipinski definition) is 4. The first-order valence-electron chi connectivity index (χ1n) is 20.5. The van der Waals surface area contributed by atoms with Crippen molar-refractivity contribution in [3.05, 3.63) is 87.9 Å². The van der Waals surface area contributed by atoms with Crippen LogP contribution in [0.4, 0.5) is 0 Å². The van der Waals surface area contributed by atoms with Crippen LogP contribution in [0.25, 0.3) is 0 Å². The molecule has 0 saturated carbocycles. The fourth-order valence-corrected chi connectivity index (χ4v) is 7.82. The highest BCUT2D eigenvalue weighted by Gasteiger charge is 2.50. The average Bonchev–Trinajstić information content (AvgIpc) is 3.81. The lowest BCUT2D eigenvalue weighted by atomic mass is 9.93. The molecule has 4 N–H and O–H groups in total. The molecular formula is C44H60N6O7S. The summed E-state index contributed by atoms with van der Waals surface area (Å²) in [6.07, 6.45) is 1.68. The van der Waals surface area contributed by atoms with Crippen LogP contribution in [0.3, 0.4) is 0 Å². The van der Waals surface area contributed by atoms with Gasteiger partial charge in [0.2, 0.25) is 23.6 Å². The van der Waals surface area contributed by atoms with Crippen molar-refractivity contribution in [1.82, 2.24) is 31.2 Å². The Morgan fingerprint density at radius 2 is 1.31 bits per heavy atom. The number of thiazole rings is 1. The molecule has 58 heavy (non-hydrogen) atoms. The normalized spacial score (nSPS) is 18.8. The van der Waals surface area contributed by atoms with Crippen LogP contribution in [0.2, 0.25) is 0 Å². The van der Waals surface area contributed by atoms with Crippen LogP contribution >= 0.6 is 11.3 Å². The van der Waals surface area contributed by atoms with E-state index in [9.17, 15) is 24.0 Å². The topological polar surface area (TPSA) is 171 Å². The van der Waals surface area contributed by atoms with Crippen LogP contribution in [0.15, 0.2) is 66.0 Å². The number of epoxide rings is 1. The van der Waals surface area contributed by atoms with Gasteiger partial charge in [0.25, 0.3) is 0 Å². The Labute approximate surface area is 346 Å². The molecule has 0 aliphatic carbocycles. The monoisotopic (exact) mass is 816 g/mol. The summed E-state index contributed by atoms with van der Waals surface area (Å²) in [7, 11) is 0. The van der Waals surface area contributed by atoms with Crippen molar-refractivity contribution >= 4 is 40.7 Å². The minimum Gasteiger partial charge on any atom is -0.379 e. The second-order valence-electron chi connectivity index (χ2n) is 16.5. The maximum absolute atomic E-state index is 14.2. The van der Waals surface area contributed by atoms with E-state index in [0.29, 0.717) is 51.3 Å². The summed E-state index contributed by atoms with van der Waals surface area (Å²) in [6, 6.07) is 15.2. The molecule has 314 valence electrons. The van der Waals surface area contributed by atoms with E-state index in [2.05, 4.69) is 31.2 Å². The Balaban J connectivity index is 1.30. The molecule has 13 nitrogen and oxygen atoms in total. The number of aromatic nitrogens is 1. The molecule has 5 unspecified atom stereocenters. The number of Topliss-reactive ketones (excluding diaryl/α,β-unsaturated/α-hetero) is 1. The highest BCUT2D eigenvalue weighted by Crippen LogP contribution is 2.30. The second kappa shape index (κ2) is 21.5. The minimum atomic E-state index is -1.04. The van der Waals surface area contributed by atoms with Gasteiger partial charge in [-0.25, -0.2) is 4.98 Å². The van der Waals surface area contributed by atoms with Gasteiger partial charge in [0.05, 0.1) is 44.5 Å². The maximum atomic E-state index is 14.2. The zero-order chi connectivity index (χ0) is 41.7. The zero-order valence-corrected chi connectivity index (χ0v) is 35.3. The predicted octanol–water partition coefficient (Wildman–Crippen LogP) is 3.78. The standard InChI is InChI=1S/C44H60N6O7S/c1-29(2)22-35(40(52)44(5)28-57-44)47-43(55)37(24-32-14-10-7-11-15-32)49-42(54)36(23-30(3)4)48-41(53)34(17-16-31-12-8-6-9-13-31)46-38(51)25-33-27-58-39(45-33)26-50-18-20-56-21-19-50/h6-15,27,29-30,34-37H,16-26,28H2,1-5H3,(H,46,51)(H,47,55)(H,48,53)(H,49,54). The molecule has 0 radical (unpaired) electrons. The summed E-state index contributed by atoms with van der Waals surface area (Å²) >= 11 is 1.50. The summed E-state index contributed by atoms with van der Waals surface area (Å²) < 4.78 is 10.9. The number of aryl methyl sites for hydroxylation is 1. The molecule has 1 aromatic heterocycles. The second-order valence-corrected chi connectivity index (χ2v) is 17.4. The molecule has 3 aromatic rings. The van der Waals surface area contributed by atoms with Crippen molar-refractivity contribution in [2.24, 2.45) is 11.8 Å². The van der Waals surface area contributed by atoms with Crippen LogP contribution in [0, 0.1) is 11.8 Å². The van der Waals surface area contributed by atoms with Crippen molar-refractivity contribution in [3.8, 4) is 0 Å². The number of carbonyl (C=O) groups is 5. The molecule has 2 saturated heterocycles. The highest BCUT2D eigenvalue weighted by atomic mass is 32.1. The third-order valence-electron chi connectivity index (χ3n) is 10.3. The van der Waals surface area contributed by atoms with Gasteiger partial charge in [-0.3, -0.25) is 28.9 Å². The van der Waals surface area contributed by atoms with E-state index in [1.54, 1.807) is 6.92 Å². The number of rotatable bonds is 22. The van der Waals surface area contributed by atoms with E-state index in [-0.39, 0.29) is 42.8 Å². The molecule has 5 atom stereocenters. The molecule has 4 amide bonds. The van der Waals surface area contributed by atoms with E-state index in [4.69, 9.17) is 9.47 Å². The average molecular weight is 817 g/mol. The van der Waals surface area contributed by atoms with Gasteiger partial charge >= 0.3 is 0 Å². The lowest BCUT2D eigenvalue weighted by Crippen LogP contribution is -2.59. The number of nitrogens with zero attached hydrogens (tertiary/aromatic N) is 2. The Hall–Kier alpha value is -4.50. The Kier molecular flexibility index (Phi) is 16.5. The van der Waals surface area contributed by atoms with Gasteiger partial charge in [-0.05, 0) is 55.6 Å². The van der Waals surface area contributed by atoms with Crippen LogP contribution in [0.1, 0.15) is 75.7 Å². The van der Waals surface area contributed by atoms with Crippen LogP contribution in [-0.2, 0) is 59.3 Å². The number of ether oxygens (including phenoxy) is 2. The minimum absolute atomic E-state index is 0.00142. The SMILES string of the molecule is CC(C)CC(NC(=O)C(CCc1ccccc1)NC(=O)Cc1csc(CN2CCOCC2)n1)C(=O)NC(Cc1ccccc1)C(=O)NC(CC(C)C)C(=O)C1(C)CO1. The van der Waals surface area contributed by atoms with Crippen molar-refractivity contribution in [1.29, 1.82) is 0 Å². The molecule has 2 aromatic carbocycles. The number of carbonyl (C=O) groups excluding carboxylic acids is 5. The Morgan fingerprint density at radius 3 is 1.93 bits per heavy atom. The van der Waals surface area contributed by atoms with E-state index < -0.39 is 47.5 Å². The van der Waals surface area contributed by atoms with Gasteiger partial charge in [-0.1, -0.05) is 88.4 Å². The Morgan fingerprint density at radius 1 is 0.759 bits per heavy atom. The van der Waals surface area contributed by atoms with E-state index in [1.165, 1.54) is 11.3 Å². The fourth-order valence-electron chi connectivity index (χ4n) is 6.99. The number of ketones is 1. The molecule has 2 fully saturated rings. The number of amides is 4. The lowest BCUT2D eigenvalue weighted by Gasteiger charge is -2.28. The van der Waals surface area contributed by atoms with Crippen molar-refractivity contribution in [2.75, 3.05) is 32.9 Å². The molecule has 0 spiro atoms. The molecule has 2 aliphatic heterocycles. The largest absolute Gasteiger partial charge is 0.379 e. The molecule has 3 heterocycles. The van der Waals surface area contributed by atoms with Crippen molar-refractivity contribution < 1.29 is 33.4 Å². The number of morpholine rings is 1. The highest BCUT2D eigenvalue weighted by molar-refractivity contribution is 7.09. The van der Waals surface area contributed by atoms with E-state index in [1.807, 2.05) is 93.7 Å². The van der Waals surface area contributed by atoms with Crippen molar-refractivity contribution in [3.63, 3.8) is 0 Å². The number of nitrogens with one attached hydrogen (secondary N) is 4. The summed E-state index contributed by atoms with van der Waals surface area (Å²) in [4.78, 5) is 76.2. The van der Waals surface area contributed by atoms with Gasteiger partial charge in [0.1, 0.15) is 28.7 Å². The molecule has 0 bridgehead atoms. The van der Waals surface area contributed by atoms with Gasteiger partial charge in [-0.15, -0.1) is 11.3 Å². The lowest BCUT2D eigenvalue weighted by molar-refractivity contribution is -0.135. The van der Waals surface area contributed by atoms with Gasteiger partial charge in [0, 0.05) is 24.9 Å². The number of benzene rings is 2. The summed E-state index contributed by atoms with van der Waals surface area (Å²) in [5, 5.41) is 14.5. The summed E-state index contributed by atoms with van der Waals surface area (Å²) in [6.45, 7) is 13.6. The van der Waals surface area contributed by atoms with Crippen LogP contribution in [-0.4, -0.2) is 102 Å². The first kappa shape index (κ1) is 44.6. The van der Waals surface area contributed by atoms with Crippen LogP contribution < -0.4 is 21.3 Å². The third-order valence-corrected chi connectivity index (χ3v) is 11.2. The molecular weight excluding hydrogens is 757 g/mol. The quantitative estimate of drug-likeness (QED) is 0.110. The maximum Gasteiger partial charge on any atom is 0.243 e. The van der Waals surface area contributed by atoms with Gasteiger partial charge < -0.3 is 30.7 Å². The summed E-state index contributed by atoms with van der Waals surface area (Å²) in [5.41, 5.74) is 1.51. The summed E-state index contributed by atoms with van der Waals surface area (Å²) in [5.74, 6) is -1.98. The fraction of sp³-hybridized carbons (Fsp3) is 0.545. The van der Waals surface area contributed by atoms with E-state index >= 15 is 0 Å². The number of hydrogen-bond acceptors (Lipinski definition) is 10. The first-order chi connectivity index (χ1) is 27.8. The molecule has 2 aliphatic rings. The first-order valence-corrected chi connectivity index (χ1v) is 21.4. The molecule has 14 heteroatoms. The van der Waals surface area contributed by atoms with Gasteiger partial charge in [-0.2, -0.15) is 0 Å². The zero-order valence-electron chi connectivity index (χ0n) is 34.5. The van der Waals surface area contributed by atoms with Gasteiger partial charge in [0.15, 0.2) is 5.78 Å². The van der Waals surface area contributed by atoms with E-state index in [0.717, 1.165) is 29.2 Å². The Bertz CT molecular complexity index is 1810. The predicted molar refractivity (Wildman–Crippen MR) is 223 cm³/mol. The molecule has 5 rings (SSSR count). The van der Waals surface area contributed by atoms with Crippen LogP contribution in [0.5, 0.6) is 0 Å². The van der Waals surface area contributed by atoms with Crippen molar-refractivity contribution in [2.45, 2.75) is 109 Å².